The van der Waals surface area contributed by atoms with Gasteiger partial charge in [-0.15, -0.1) is 11.3 Å². The van der Waals surface area contributed by atoms with Crippen LogP contribution in [0.5, 0.6) is 5.88 Å². The van der Waals surface area contributed by atoms with Crippen molar-refractivity contribution in [2.45, 2.75) is 24.7 Å². The lowest BCUT2D eigenvalue weighted by atomic mass is 10.0. The molecule has 3 aromatic rings. The number of hydrogen-bond donors (Lipinski definition) is 2. The molecule has 5 rings (SSSR count). The summed E-state index contributed by atoms with van der Waals surface area (Å²) < 4.78 is 13.2. The van der Waals surface area contributed by atoms with Crippen molar-refractivity contribution in [2.75, 3.05) is 26.3 Å². The standard InChI is InChI=1S/C16H18N4O3S2/c21-14-13(25-15-17-10-18-20(14)15)12(11-2-1-9-24-11)19-5-3-16(4-6-19)22-7-8-23-16/h1-2,9-10,12,21H,3-8H2/p+1/t12-/m1/s1. The summed E-state index contributed by atoms with van der Waals surface area (Å²) in [4.78, 5) is 8.56. The third-order valence-corrected chi connectivity index (χ3v) is 7.14. The lowest BCUT2D eigenvalue weighted by molar-refractivity contribution is -0.933. The Morgan fingerprint density at radius 1 is 1.28 bits per heavy atom. The molecule has 2 aliphatic heterocycles. The van der Waals surface area contributed by atoms with E-state index in [1.807, 2.05) is 0 Å². The quantitative estimate of drug-likeness (QED) is 0.712. The first kappa shape index (κ1) is 15.7. The number of ether oxygens (including phenoxy) is 2. The SMILES string of the molecule is Oc1c([C@@H](c2cccs2)[NH+]2CCC3(CC2)OCCO3)sc2ncnn12. The summed E-state index contributed by atoms with van der Waals surface area (Å²) in [5.74, 6) is -0.172. The fourth-order valence-electron chi connectivity index (χ4n) is 3.88. The van der Waals surface area contributed by atoms with Crippen molar-refractivity contribution >= 4 is 27.6 Å². The van der Waals surface area contributed by atoms with Crippen LogP contribution in [0.25, 0.3) is 4.96 Å². The Labute approximate surface area is 152 Å². The second kappa shape index (κ2) is 6.03. The van der Waals surface area contributed by atoms with E-state index in [2.05, 4.69) is 27.6 Å². The smallest absolute Gasteiger partial charge is 0.235 e. The summed E-state index contributed by atoms with van der Waals surface area (Å²) in [6.07, 6.45) is 3.24. The first-order chi connectivity index (χ1) is 12.3. The summed E-state index contributed by atoms with van der Waals surface area (Å²) in [6.45, 7) is 3.27. The number of nitrogens with one attached hydrogen (secondary N) is 1. The molecule has 2 N–H and O–H groups in total. The number of piperidine rings is 1. The number of thiazole rings is 1. The minimum atomic E-state index is -0.378. The van der Waals surface area contributed by atoms with Gasteiger partial charge in [-0.2, -0.15) is 9.61 Å². The third-order valence-electron chi connectivity index (χ3n) is 5.10. The highest BCUT2D eigenvalue weighted by Gasteiger charge is 2.45. The van der Waals surface area contributed by atoms with Crippen molar-refractivity contribution in [3.8, 4) is 5.88 Å². The van der Waals surface area contributed by atoms with Gasteiger partial charge in [0.15, 0.2) is 11.8 Å². The molecule has 1 spiro atoms. The fraction of sp³-hybridized carbons (Fsp3) is 0.500. The first-order valence-corrected chi connectivity index (χ1v) is 10.1. The van der Waals surface area contributed by atoms with E-state index in [9.17, 15) is 5.11 Å². The van der Waals surface area contributed by atoms with Crippen LogP contribution in [0.3, 0.4) is 0 Å². The van der Waals surface area contributed by atoms with E-state index >= 15 is 0 Å². The minimum Gasteiger partial charge on any atom is -0.492 e. The van der Waals surface area contributed by atoms with E-state index in [0.717, 1.165) is 35.8 Å². The number of thiophene rings is 1. The number of hydrogen-bond acceptors (Lipinski definition) is 7. The summed E-state index contributed by atoms with van der Waals surface area (Å²) in [5, 5.41) is 16.9. The van der Waals surface area contributed by atoms with E-state index in [0.29, 0.717) is 13.2 Å². The Kier molecular flexibility index (Phi) is 3.79. The number of fused-ring (bicyclic) bond motifs is 1. The Morgan fingerprint density at radius 3 is 2.76 bits per heavy atom. The van der Waals surface area contributed by atoms with Crippen LogP contribution in [0.2, 0.25) is 0 Å². The Hall–Kier alpha value is -1.52. The summed E-state index contributed by atoms with van der Waals surface area (Å²) in [5.41, 5.74) is 0. The zero-order valence-electron chi connectivity index (χ0n) is 13.6. The average Bonchev–Trinajstić information content (AvgIpc) is 3.39. The molecule has 0 amide bonds. The number of likely N-dealkylation sites (tertiary alicyclic amines) is 1. The number of rotatable bonds is 3. The molecule has 7 nitrogen and oxygen atoms in total. The molecule has 2 fully saturated rings. The van der Waals surface area contributed by atoms with Crippen LogP contribution >= 0.6 is 22.7 Å². The average molecular weight is 379 g/mol. The van der Waals surface area contributed by atoms with Gasteiger partial charge in [-0.25, -0.2) is 4.98 Å². The molecular formula is C16H19N4O3S2+. The molecule has 0 saturated carbocycles. The van der Waals surface area contributed by atoms with E-state index in [4.69, 9.17) is 9.47 Å². The second-order valence-electron chi connectivity index (χ2n) is 6.46. The Balaban J connectivity index is 1.49. The molecule has 0 aromatic carbocycles. The zero-order chi connectivity index (χ0) is 16.9. The molecule has 3 aromatic heterocycles. The minimum absolute atomic E-state index is 0.0900. The van der Waals surface area contributed by atoms with Gasteiger partial charge in [-0.1, -0.05) is 17.4 Å². The summed E-state index contributed by atoms with van der Waals surface area (Å²) >= 11 is 3.24. The van der Waals surface area contributed by atoms with Crippen LogP contribution in [0.1, 0.15) is 28.6 Å². The van der Waals surface area contributed by atoms with Gasteiger partial charge in [0.1, 0.15) is 11.2 Å². The van der Waals surface area contributed by atoms with Crippen LogP contribution in [-0.2, 0) is 9.47 Å². The van der Waals surface area contributed by atoms with Crippen molar-refractivity contribution in [3.05, 3.63) is 33.6 Å². The van der Waals surface area contributed by atoms with Crippen molar-refractivity contribution < 1.29 is 19.5 Å². The van der Waals surface area contributed by atoms with Gasteiger partial charge in [0, 0.05) is 0 Å². The van der Waals surface area contributed by atoms with Gasteiger partial charge in [-0.3, -0.25) is 0 Å². The fourth-order valence-corrected chi connectivity index (χ4v) is 5.95. The van der Waals surface area contributed by atoms with Gasteiger partial charge in [0.05, 0.1) is 44.0 Å². The lowest BCUT2D eigenvalue weighted by Crippen LogP contribution is -3.14. The molecule has 2 saturated heterocycles. The number of quaternary nitrogens is 1. The predicted octanol–water partition coefficient (Wildman–Crippen LogP) is 1.07. The summed E-state index contributed by atoms with van der Waals surface area (Å²) in [7, 11) is 0. The largest absolute Gasteiger partial charge is 0.492 e. The number of nitrogens with zero attached hydrogens (tertiary/aromatic N) is 3. The van der Waals surface area contributed by atoms with Crippen molar-refractivity contribution in [3.63, 3.8) is 0 Å². The van der Waals surface area contributed by atoms with Gasteiger partial charge in [-0.05, 0) is 11.4 Å². The van der Waals surface area contributed by atoms with E-state index in [1.54, 1.807) is 11.3 Å². The maximum absolute atomic E-state index is 10.7. The molecule has 9 heteroatoms. The number of aromatic hydroxyl groups is 1. The molecule has 1 atom stereocenters. The van der Waals surface area contributed by atoms with Gasteiger partial charge < -0.3 is 19.5 Å². The molecule has 5 heterocycles. The van der Waals surface area contributed by atoms with Gasteiger partial charge in [0.25, 0.3) is 0 Å². The van der Waals surface area contributed by atoms with Crippen molar-refractivity contribution in [1.29, 1.82) is 0 Å². The molecule has 25 heavy (non-hydrogen) atoms. The molecule has 2 aliphatic rings. The highest BCUT2D eigenvalue weighted by molar-refractivity contribution is 7.17. The van der Waals surface area contributed by atoms with Crippen molar-refractivity contribution in [2.24, 2.45) is 0 Å². The normalized spacial score (nSPS) is 22.1. The Bertz CT molecular complexity index is 859. The highest BCUT2D eigenvalue weighted by atomic mass is 32.1. The molecule has 0 bridgehead atoms. The Morgan fingerprint density at radius 2 is 2.08 bits per heavy atom. The van der Waals surface area contributed by atoms with Crippen LogP contribution in [0.4, 0.5) is 0 Å². The summed E-state index contributed by atoms with van der Waals surface area (Å²) in [6, 6.07) is 4.30. The van der Waals surface area contributed by atoms with E-state index in [-0.39, 0.29) is 17.7 Å². The van der Waals surface area contributed by atoms with Crippen molar-refractivity contribution in [1.82, 2.24) is 14.6 Å². The molecule has 0 radical (unpaired) electrons. The zero-order valence-corrected chi connectivity index (χ0v) is 15.2. The molecule has 0 unspecified atom stereocenters. The monoisotopic (exact) mass is 379 g/mol. The van der Waals surface area contributed by atoms with E-state index < -0.39 is 0 Å². The molecule has 0 aliphatic carbocycles. The maximum atomic E-state index is 10.7. The predicted molar refractivity (Wildman–Crippen MR) is 93.3 cm³/mol. The van der Waals surface area contributed by atoms with E-state index in [1.165, 1.54) is 32.0 Å². The second-order valence-corrected chi connectivity index (χ2v) is 8.45. The van der Waals surface area contributed by atoms with Crippen LogP contribution in [-0.4, -0.2) is 51.8 Å². The maximum Gasteiger partial charge on any atom is 0.235 e. The van der Waals surface area contributed by atoms with Crippen LogP contribution in [0, 0.1) is 0 Å². The highest BCUT2D eigenvalue weighted by Crippen LogP contribution is 2.37. The molecular weight excluding hydrogens is 360 g/mol. The van der Waals surface area contributed by atoms with Crippen LogP contribution in [0.15, 0.2) is 23.8 Å². The van der Waals surface area contributed by atoms with Gasteiger partial charge >= 0.3 is 0 Å². The van der Waals surface area contributed by atoms with Gasteiger partial charge in [0.2, 0.25) is 10.8 Å². The topological polar surface area (TPSA) is 73.3 Å². The lowest BCUT2D eigenvalue weighted by Gasteiger charge is -2.38. The number of aromatic nitrogens is 3. The molecule has 132 valence electrons. The first-order valence-electron chi connectivity index (χ1n) is 8.43. The third kappa shape index (κ3) is 2.58. The van der Waals surface area contributed by atoms with Crippen LogP contribution < -0.4 is 4.90 Å².